The van der Waals surface area contributed by atoms with Crippen LogP contribution < -0.4 is 10.1 Å². The molecule has 0 radical (unpaired) electrons. The van der Waals surface area contributed by atoms with E-state index in [1.54, 1.807) is 0 Å². The highest BCUT2D eigenvalue weighted by Crippen LogP contribution is 2.40. The van der Waals surface area contributed by atoms with Crippen LogP contribution in [0.2, 0.25) is 5.02 Å². The van der Waals surface area contributed by atoms with Crippen LogP contribution in [-0.2, 0) is 4.79 Å². The maximum Gasteiger partial charge on any atom is 0.242 e. The number of likely N-dealkylation sites (N-methyl/N-ethyl adjacent to an activating group) is 1. The fourth-order valence-corrected chi connectivity index (χ4v) is 4.60. The van der Waals surface area contributed by atoms with Gasteiger partial charge in [0.1, 0.15) is 11.3 Å². The molecule has 0 aromatic heterocycles. The number of halogens is 1. The summed E-state index contributed by atoms with van der Waals surface area (Å²) in [6.07, 6.45) is 2.83. The summed E-state index contributed by atoms with van der Waals surface area (Å²) in [7, 11) is 1.89. The summed E-state index contributed by atoms with van der Waals surface area (Å²) in [6, 6.07) is 14.4. The first kappa shape index (κ1) is 19.3. The molecule has 5 heteroatoms. The number of carbonyl (C=O) groups excluding carboxylic acids is 1. The average Bonchev–Trinajstić information content (AvgIpc) is 3.23. The number of benzene rings is 2. The molecule has 1 spiro atoms. The third-order valence-corrected chi connectivity index (χ3v) is 6.08. The van der Waals surface area contributed by atoms with E-state index in [0.29, 0.717) is 5.02 Å². The largest absolute Gasteiger partial charge is 0.490 e. The molecule has 148 valence electrons. The Bertz CT molecular complexity index is 898. The fraction of sp³-hybridized carbons (Fsp3) is 0.435. The second-order valence-corrected chi connectivity index (χ2v) is 8.66. The number of likely N-dealkylation sites (tertiary alicyclic amines) is 1. The van der Waals surface area contributed by atoms with E-state index in [1.807, 2.05) is 44.0 Å². The highest BCUT2D eigenvalue weighted by atomic mass is 35.5. The molecule has 0 saturated carbocycles. The van der Waals surface area contributed by atoms with Crippen LogP contribution >= 0.6 is 11.6 Å². The molecule has 0 aliphatic carbocycles. The van der Waals surface area contributed by atoms with Crippen molar-refractivity contribution in [1.82, 2.24) is 10.2 Å². The molecule has 2 fully saturated rings. The smallest absolute Gasteiger partial charge is 0.242 e. The van der Waals surface area contributed by atoms with Gasteiger partial charge in [0.25, 0.3) is 0 Å². The molecule has 2 aliphatic heterocycles. The summed E-state index contributed by atoms with van der Waals surface area (Å²) in [5, 5.41) is 4.34. The maximum absolute atomic E-state index is 12.6. The van der Waals surface area contributed by atoms with E-state index in [0.717, 1.165) is 42.7 Å². The van der Waals surface area contributed by atoms with Gasteiger partial charge in [-0.3, -0.25) is 10.1 Å². The first-order valence-electron chi connectivity index (χ1n) is 9.98. The minimum absolute atomic E-state index is 0.0878. The van der Waals surface area contributed by atoms with Crippen molar-refractivity contribution in [3.63, 3.8) is 0 Å². The molecule has 2 aromatic carbocycles. The summed E-state index contributed by atoms with van der Waals surface area (Å²) in [5.74, 6) is 1.06. The van der Waals surface area contributed by atoms with Crippen LogP contribution in [0.25, 0.3) is 11.1 Å². The number of rotatable bonds is 4. The van der Waals surface area contributed by atoms with E-state index in [1.165, 1.54) is 5.56 Å². The Morgan fingerprint density at radius 2 is 2.04 bits per heavy atom. The number of amides is 1. The Morgan fingerprint density at radius 1 is 1.21 bits per heavy atom. The Kier molecular flexibility index (Phi) is 5.11. The lowest BCUT2D eigenvalue weighted by atomic mass is 9.95. The summed E-state index contributed by atoms with van der Waals surface area (Å²) in [4.78, 5) is 14.5. The van der Waals surface area contributed by atoms with Gasteiger partial charge in [-0.05, 0) is 68.5 Å². The molecular weight excluding hydrogens is 372 g/mol. The second-order valence-electron chi connectivity index (χ2n) is 8.23. The Balaban J connectivity index is 1.63. The van der Waals surface area contributed by atoms with E-state index in [2.05, 4.69) is 29.6 Å². The predicted molar refractivity (Wildman–Crippen MR) is 113 cm³/mol. The molecule has 2 aliphatic rings. The zero-order chi connectivity index (χ0) is 19.9. The fourth-order valence-electron chi connectivity index (χ4n) is 4.42. The summed E-state index contributed by atoms with van der Waals surface area (Å²) >= 11 is 6.27. The van der Waals surface area contributed by atoms with Crippen molar-refractivity contribution < 1.29 is 9.53 Å². The lowest BCUT2D eigenvalue weighted by molar-refractivity contribution is -0.131. The lowest BCUT2D eigenvalue weighted by Crippen LogP contribution is -2.47. The molecule has 4 rings (SSSR count). The first-order chi connectivity index (χ1) is 13.4. The van der Waals surface area contributed by atoms with Gasteiger partial charge in [0.2, 0.25) is 5.91 Å². The number of hydrogen-bond donors (Lipinski definition) is 1. The van der Waals surface area contributed by atoms with Crippen LogP contribution in [0, 0.1) is 0 Å². The molecule has 28 heavy (non-hydrogen) atoms. The van der Waals surface area contributed by atoms with Gasteiger partial charge in [-0.2, -0.15) is 0 Å². The van der Waals surface area contributed by atoms with Crippen LogP contribution in [0.1, 0.15) is 44.7 Å². The highest BCUT2D eigenvalue weighted by molar-refractivity contribution is 6.31. The zero-order valence-electron chi connectivity index (χ0n) is 16.7. The summed E-state index contributed by atoms with van der Waals surface area (Å²) in [5.41, 5.74) is 2.89. The molecule has 2 saturated heterocycles. The minimum Gasteiger partial charge on any atom is -0.490 e. The summed E-state index contributed by atoms with van der Waals surface area (Å²) in [6.45, 7) is 4.87. The van der Waals surface area contributed by atoms with E-state index in [-0.39, 0.29) is 23.6 Å². The van der Waals surface area contributed by atoms with Crippen molar-refractivity contribution in [3.05, 3.63) is 53.1 Å². The van der Waals surface area contributed by atoms with Gasteiger partial charge in [0.05, 0.1) is 6.10 Å². The van der Waals surface area contributed by atoms with Gasteiger partial charge in [-0.25, -0.2) is 0 Å². The molecule has 0 bridgehead atoms. The molecule has 4 nitrogen and oxygen atoms in total. The van der Waals surface area contributed by atoms with E-state index < -0.39 is 0 Å². The van der Waals surface area contributed by atoms with Crippen LogP contribution in [0.15, 0.2) is 42.5 Å². The van der Waals surface area contributed by atoms with Gasteiger partial charge in [0, 0.05) is 30.2 Å². The molecule has 0 unspecified atom stereocenters. The molecule has 1 N–H and O–H groups in total. The maximum atomic E-state index is 12.6. The molecule has 2 atom stereocenters. The number of nitrogens with one attached hydrogen (secondary N) is 1. The molecule has 2 heterocycles. The van der Waals surface area contributed by atoms with Gasteiger partial charge in [0.15, 0.2) is 0 Å². The van der Waals surface area contributed by atoms with Crippen LogP contribution in [0.3, 0.4) is 0 Å². The van der Waals surface area contributed by atoms with E-state index in [9.17, 15) is 4.79 Å². The van der Waals surface area contributed by atoms with Gasteiger partial charge >= 0.3 is 0 Å². The molecular formula is C23H27ClN2O2. The quantitative estimate of drug-likeness (QED) is 0.802. The second kappa shape index (κ2) is 7.41. The van der Waals surface area contributed by atoms with E-state index in [4.69, 9.17) is 16.3 Å². The van der Waals surface area contributed by atoms with Gasteiger partial charge in [-0.1, -0.05) is 29.8 Å². The Hall–Kier alpha value is -2.04. The monoisotopic (exact) mass is 398 g/mol. The van der Waals surface area contributed by atoms with Crippen LogP contribution in [-0.4, -0.2) is 36.0 Å². The topological polar surface area (TPSA) is 41.6 Å². The molecule has 2 aromatic rings. The summed E-state index contributed by atoms with van der Waals surface area (Å²) < 4.78 is 6.00. The Morgan fingerprint density at radius 3 is 2.75 bits per heavy atom. The van der Waals surface area contributed by atoms with Crippen molar-refractivity contribution in [3.8, 4) is 16.9 Å². The van der Waals surface area contributed by atoms with Crippen molar-refractivity contribution in [2.24, 2.45) is 0 Å². The van der Waals surface area contributed by atoms with Crippen molar-refractivity contribution >= 4 is 17.5 Å². The highest BCUT2D eigenvalue weighted by Gasteiger charge is 2.49. The van der Waals surface area contributed by atoms with Crippen LogP contribution in [0.4, 0.5) is 0 Å². The van der Waals surface area contributed by atoms with Crippen LogP contribution in [0.5, 0.6) is 5.75 Å². The van der Waals surface area contributed by atoms with Crippen molar-refractivity contribution in [1.29, 1.82) is 0 Å². The van der Waals surface area contributed by atoms with Crippen molar-refractivity contribution in [2.45, 2.75) is 50.8 Å². The zero-order valence-corrected chi connectivity index (χ0v) is 17.4. The SMILES string of the molecule is CC(C)Oc1ccc(Cl)cc1-c1cccc([C@H]2CC[C@]3(CCN(C)C3=O)N2)c1. The lowest BCUT2D eigenvalue weighted by Gasteiger charge is -2.23. The standard InChI is InChI=1S/C23H27ClN2O2/c1-15(2)28-21-8-7-18(24)14-19(21)16-5-4-6-17(13-16)20-9-10-23(25-20)11-12-26(3)22(23)27/h4-8,13-15,20,25H,9-12H2,1-3H3/t20-,23-/m1/s1. The Labute approximate surface area is 171 Å². The number of nitrogens with zero attached hydrogens (tertiary/aromatic N) is 1. The number of ether oxygens (including phenoxy) is 1. The molecule has 1 amide bonds. The first-order valence-corrected chi connectivity index (χ1v) is 10.4. The third kappa shape index (κ3) is 3.51. The van der Waals surface area contributed by atoms with Gasteiger partial charge < -0.3 is 9.64 Å². The number of carbonyl (C=O) groups is 1. The third-order valence-electron chi connectivity index (χ3n) is 5.84. The minimum atomic E-state index is -0.378. The van der Waals surface area contributed by atoms with Gasteiger partial charge in [-0.15, -0.1) is 0 Å². The predicted octanol–water partition coefficient (Wildman–Crippen LogP) is 4.82. The van der Waals surface area contributed by atoms with Crippen molar-refractivity contribution in [2.75, 3.05) is 13.6 Å². The number of hydrogen-bond acceptors (Lipinski definition) is 3. The normalized spacial score (nSPS) is 24.5. The average molecular weight is 399 g/mol. The van der Waals surface area contributed by atoms with E-state index >= 15 is 0 Å².